The van der Waals surface area contributed by atoms with Crippen LogP contribution in [-0.2, 0) is 16.2 Å². The number of halogens is 2. The second kappa shape index (κ2) is 9.38. The van der Waals surface area contributed by atoms with Crippen LogP contribution in [0.15, 0.2) is 76.8 Å². The summed E-state index contributed by atoms with van der Waals surface area (Å²) < 4.78 is 19.7. The molecular formula is C25H18BrFN2O4. The molecule has 1 aliphatic rings. The lowest BCUT2D eigenvalue weighted by Crippen LogP contribution is -2.54. The van der Waals surface area contributed by atoms with Crippen LogP contribution in [0.5, 0.6) is 5.75 Å². The van der Waals surface area contributed by atoms with Crippen molar-refractivity contribution in [2.75, 3.05) is 4.90 Å². The van der Waals surface area contributed by atoms with Crippen molar-refractivity contribution in [2.24, 2.45) is 0 Å². The van der Waals surface area contributed by atoms with E-state index >= 15 is 0 Å². The average Bonchev–Trinajstić information content (AvgIpc) is 2.78. The van der Waals surface area contributed by atoms with Crippen molar-refractivity contribution in [1.82, 2.24) is 5.32 Å². The van der Waals surface area contributed by atoms with E-state index in [0.29, 0.717) is 22.4 Å². The number of aryl methyl sites for hydroxylation is 1. The average molecular weight is 509 g/mol. The number of hydrogen-bond acceptors (Lipinski definition) is 4. The standard InChI is InChI=1S/C25H18BrFN2O4/c1-15-2-4-16(5-3-15)14-33-22-11-6-17(13-21(22)26)12-20-23(30)28-25(32)29(24(20)31)19-9-7-18(27)8-10-19/h2-13H,14H2,1H3,(H,28,30,32)/b20-12+. The van der Waals surface area contributed by atoms with Crippen LogP contribution in [-0.4, -0.2) is 17.8 Å². The molecule has 4 amide bonds. The van der Waals surface area contributed by atoms with Gasteiger partial charge in [-0.2, -0.15) is 0 Å². The number of benzene rings is 3. The molecule has 0 aromatic heterocycles. The summed E-state index contributed by atoms with van der Waals surface area (Å²) in [6.45, 7) is 2.40. The Labute approximate surface area is 197 Å². The Kier molecular flexibility index (Phi) is 6.37. The van der Waals surface area contributed by atoms with Crippen LogP contribution in [0.25, 0.3) is 6.08 Å². The van der Waals surface area contributed by atoms with E-state index in [1.807, 2.05) is 31.2 Å². The normalized spacial score (nSPS) is 15.1. The van der Waals surface area contributed by atoms with Gasteiger partial charge >= 0.3 is 6.03 Å². The molecule has 0 aliphatic carbocycles. The monoisotopic (exact) mass is 508 g/mol. The molecule has 33 heavy (non-hydrogen) atoms. The molecule has 0 radical (unpaired) electrons. The minimum Gasteiger partial charge on any atom is -0.488 e. The van der Waals surface area contributed by atoms with Crippen molar-refractivity contribution in [3.63, 3.8) is 0 Å². The molecule has 4 rings (SSSR count). The number of ether oxygens (including phenoxy) is 1. The maximum absolute atomic E-state index is 13.2. The smallest absolute Gasteiger partial charge is 0.335 e. The van der Waals surface area contributed by atoms with Crippen LogP contribution in [0.2, 0.25) is 0 Å². The first kappa shape index (κ1) is 22.4. The molecule has 3 aromatic carbocycles. The van der Waals surface area contributed by atoms with Crippen LogP contribution in [0.3, 0.4) is 0 Å². The number of urea groups is 1. The minimum atomic E-state index is -0.894. The van der Waals surface area contributed by atoms with Crippen molar-refractivity contribution in [2.45, 2.75) is 13.5 Å². The van der Waals surface area contributed by atoms with Crippen molar-refractivity contribution in [3.8, 4) is 5.75 Å². The zero-order chi connectivity index (χ0) is 23.5. The first-order valence-corrected chi connectivity index (χ1v) is 10.8. The molecule has 0 saturated carbocycles. The number of nitrogens with one attached hydrogen (secondary N) is 1. The number of rotatable bonds is 5. The zero-order valence-electron chi connectivity index (χ0n) is 17.5. The van der Waals surface area contributed by atoms with Gasteiger partial charge in [0.2, 0.25) is 0 Å². The van der Waals surface area contributed by atoms with Crippen LogP contribution in [0.4, 0.5) is 14.9 Å². The Morgan fingerprint density at radius 3 is 2.36 bits per heavy atom. The third-order valence-electron chi connectivity index (χ3n) is 4.97. The van der Waals surface area contributed by atoms with E-state index in [-0.39, 0.29) is 11.3 Å². The lowest BCUT2D eigenvalue weighted by molar-refractivity contribution is -0.122. The molecule has 0 unspecified atom stereocenters. The summed E-state index contributed by atoms with van der Waals surface area (Å²) in [6.07, 6.45) is 1.38. The second-order valence-corrected chi connectivity index (χ2v) is 8.25. The van der Waals surface area contributed by atoms with Crippen molar-refractivity contribution in [3.05, 3.63) is 99.3 Å². The van der Waals surface area contributed by atoms with Gasteiger partial charge in [0.05, 0.1) is 10.2 Å². The predicted molar refractivity (Wildman–Crippen MR) is 125 cm³/mol. The fourth-order valence-electron chi connectivity index (χ4n) is 3.22. The van der Waals surface area contributed by atoms with Crippen molar-refractivity contribution >= 4 is 45.5 Å². The van der Waals surface area contributed by atoms with E-state index in [1.54, 1.807) is 18.2 Å². The van der Waals surface area contributed by atoms with Crippen LogP contribution in [0.1, 0.15) is 16.7 Å². The van der Waals surface area contributed by atoms with E-state index in [2.05, 4.69) is 21.2 Å². The molecule has 8 heteroatoms. The van der Waals surface area contributed by atoms with E-state index in [1.165, 1.54) is 23.8 Å². The maximum atomic E-state index is 13.2. The molecule has 0 spiro atoms. The molecule has 166 valence electrons. The number of imide groups is 2. The predicted octanol–water partition coefficient (Wildman–Crippen LogP) is 5.14. The van der Waals surface area contributed by atoms with E-state index in [4.69, 9.17) is 4.74 Å². The zero-order valence-corrected chi connectivity index (χ0v) is 19.1. The van der Waals surface area contributed by atoms with E-state index in [0.717, 1.165) is 22.6 Å². The minimum absolute atomic E-state index is 0.151. The third-order valence-corrected chi connectivity index (χ3v) is 5.59. The maximum Gasteiger partial charge on any atom is 0.335 e. The Morgan fingerprint density at radius 1 is 1.00 bits per heavy atom. The molecule has 1 heterocycles. The van der Waals surface area contributed by atoms with Gasteiger partial charge < -0.3 is 4.74 Å². The highest BCUT2D eigenvalue weighted by Crippen LogP contribution is 2.29. The summed E-state index contributed by atoms with van der Waals surface area (Å²) in [5.41, 5.74) is 2.67. The van der Waals surface area contributed by atoms with E-state index < -0.39 is 23.7 Å². The van der Waals surface area contributed by atoms with Gasteiger partial charge in [0.15, 0.2) is 0 Å². The lowest BCUT2D eigenvalue weighted by Gasteiger charge is -2.26. The highest BCUT2D eigenvalue weighted by atomic mass is 79.9. The van der Waals surface area contributed by atoms with Gasteiger partial charge in [-0.1, -0.05) is 35.9 Å². The second-order valence-electron chi connectivity index (χ2n) is 7.40. The van der Waals surface area contributed by atoms with Gasteiger partial charge in [-0.3, -0.25) is 14.9 Å². The number of amides is 4. The number of hydrogen-bond donors (Lipinski definition) is 1. The molecule has 6 nitrogen and oxygen atoms in total. The molecule has 1 saturated heterocycles. The van der Waals surface area contributed by atoms with Gasteiger partial charge in [-0.05, 0) is 76.5 Å². The SMILES string of the molecule is Cc1ccc(COc2ccc(/C=C3\C(=O)NC(=O)N(c4ccc(F)cc4)C3=O)cc2Br)cc1. The van der Waals surface area contributed by atoms with Gasteiger partial charge in [-0.25, -0.2) is 14.1 Å². The number of carbonyl (C=O) groups excluding carboxylic acids is 3. The summed E-state index contributed by atoms with van der Waals surface area (Å²) in [5, 5.41) is 2.14. The Bertz CT molecular complexity index is 1270. The van der Waals surface area contributed by atoms with Crippen LogP contribution < -0.4 is 15.0 Å². The highest BCUT2D eigenvalue weighted by molar-refractivity contribution is 9.10. The van der Waals surface area contributed by atoms with Crippen LogP contribution in [0, 0.1) is 12.7 Å². The van der Waals surface area contributed by atoms with Gasteiger partial charge in [0, 0.05) is 0 Å². The Morgan fingerprint density at radius 2 is 1.70 bits per heavy atom. The lowest BCUT2D eigenvalue weighted by atomic mass is 10.1. The first-order chi connectivity index (χ1) is 15.8. The Balaban J connectivity index is 1.55. The molecule has 3 aromatic rings. The third kappa shape index (κ3) is 5.01. The van der Waals surface area contributed by atoms with Crippen molar-refractivity contribution < 1.29 is 23.5 Å². The van der Waals surface area contributed by atoms with Gasteiger partial charge in [0.1, 0.15) is 23.7 Å². The first-order valence-electron chi connectivity index (χ1n) is 9.97. The quantitative estimate of drug-likeness (QED) is 0.382. The summed E-state index contributed by atoms with van der Waals surface area (Å²) in [7, 11) is 0. The number of nitrogens with zero attached hydrogens (tertiary/aromatic N) is 1. The molecular weight excluding hydrogens is 491 g/mol. The summed E-state index contributed by atoms with van der Waals surface area (Å²) >= 11 is 3.45. The van der Waals surface area contributed by atoms with E-state index in [9.17, 15) is 18.8 Å². The summed E-state index contributed by atoms with van der Waals surface area (Å²) in [4.78, 5) is 38.3. The highest BCUT2D eigenvalue weighted by Gasteiger charge is 2.36. The van der Waals surface area contributed by atoms with Crippen molar-refractivity contribution in [1.29, 1.82) is 0 Å². The largest absolute Gasteiger partial charge is 0.488 e. The van der Waals surface area contributed by atoms with Gasteiger partial charge in [-0.15, -0.1) is 0 Å². The molecule has 0 bridgehead atoms. The molecule has 1 fully saturated rings. The topological polar surface area (TPSA) is 75.7 Å². The number of anilines is 1. The Hall–Kier alpha value is -3.78. The fraction of sp³-hybridized carbons (Fsp3) is 0.0800. The summed E-state index contributed by atoms with van der Waals surface area (Å²) in [5.74, 6) is -1.52. The molecule has 0 atom stereocenters. The van der Waals surface area contributed by atoms with Crippen LogP contribution >= 0.6 is 15.9 Å². The number of carbonyl (C=O) groups is 3. The van der Waals surface area contributed by atoms with Gasteiger partial charge in [0.25, 0.3) is 11.8 Å². The summed E-state index contributed by atoms with van der Waals surface area (Å²) in [6, 6.07) is 17.1. The molecule has 1 N–H and O–H groups in total. The number of barbiturate groups is 1. The fourth-order valence-corrected chi connectivity index (χ4v) is 3.73. The molecule has 1 aliphatic heterocycles.